The molecule has 340 valence electrons. The molecule has 4 fully saturated rings. The van der Waals surface area contributed by atoms with E-state index >= 15 is 0 Å². The van der Waals surface area contributed by atoms with Gasteiger partial charge in [-0.15, -0.1) is 0 Å². The summed E-state index contributed by atoms with van der Waals surface area (Å²) in [7, 11) is 9.63. The minimum Gasteiger partial charge on any atom is -0.496 e. The number of methoxy groups -OCH3 is 1. The van der Waals surface area contributed by atoms with Crippen molar-refractivity contribution in [1.82, 2.24) is 25.9 Å². The fourth-order valence-corrected chi connectivity index (χ4v) is 10.4. The molecule has 13 nitrogen and oxygen atoms in total. The van der Waals surface area contributed by atoms with Crippen LogP contribution >= 0.6 is 0 Å². The average molecular weight is 857 g/mol. The number of nitrogens with zero attached hydrogens (tertiary/aromatic N) is 3. The summed E-state index contributed by atoms with van der Waals surface area (Å²) in [6.07, 6.45) is 0.481. The maximum Gasteiger partial charge on any atom is 0.407 e. The van der Waals surface area contributed by atoms with Gasteiger partial charge in [-0.05, 0) is 105 Å². The highest BCUT2D eigenvalue weighted by atomic mass is 16.7. The summed E-state index contributed by atoms with van der Waals surface area (Å²) in [5.41, 5.74) is 5.45. The lowest BCUT2D eigenvalue weighted by Crippen LogP contribution is -2.62. The smallest absolute Gasteiger partial charge is 0.407 e. The van der Waals surface area contributed by atoms with E-state index in [4.69, 9.17) is 14.3 Å². The quantitative estimate of drug-likeness (QED) is 0.0907. The number of hydrogen-bond donors (Lipinski definition) is 5. The number of alkyl carbamates (subject to hydrolysis) is 1. The second-order valence-corrected chi connectivity index (χ2v) is 19.0. The fourth-order valence-electron chi connectivity index (χ4n) is 10.4. The number of likely N-dealkylation sites (N-methyl/N-ethyl adjacent to an activating group) is 1. The highest BCUT2D eigenvalue weighted by Crippen LogP contribution is 2.61. The van der Waals surface area contributed by atoms with Crippen LogP contribution in [0.4, 0.5) is 10.5 Å². The number of aliphatic hydroxyl groups is 2. The molecule has 0 aromatic heterocycles. The molecule has 0 spiro atoms. The topological polar surface area (TPSA) is 148 Å². The molecule has 1 saturated heterocycles. The largest absolute Gasteiger partial charge is 0.496 e. The highest BCUT2D eigenvalue weighted by Gasteiger charge is 2.57. The standard InChI is InChI=1S/C49H72N6O7/c1-11-20-50-48(59)61-31(3)43-42(29-56)62-55(44(43)47(58)52-41-26-36-25-40(30(41)2)49(36,4)5)27-33-18-15-19-39(45(33)60-10)34-22-35(24-38(23-34)54(8)9)46(57)51-37(28-53(6)7)21-32-16-13-12-14-17-32/h12-19,22-24,30-31,36-37,40-44,46,51,56-57H,11,20-21,25-29H2,1-10H3,(H,50,59)(H,52,58)/t30-,31-,36+,37-,40+,41-,42-,43-,44-,46?/m0/s1. The summed E-state index contributed by atoms with van der Waals surface area (Å²) in [5, 5.41) is 33.8. The molecule has 3 saturated carbocycles. The van der Waals surface area contributed by atoms with Gasteiger partial charge >= 0.3 is 6.09 Å². The molecule has 13 heteroatoms. The first-order valence-electron chi connectivity index (χ1n) is 22.5. The third kappa shape index (κ3) is 10.6. The van der Waals surface area contributed by atoms with Crippen LogP contribution in [0.3, 0.4) is 0 Å². The Hall–Kier alpha value is -4.24. The highest BCUT2D eigenvalue weighted by molar-refractivity contribution is 5.83. The van der Waals surface area contributed by atoms with Crippen molar-refractivity contribution < 1.29 is 34.1 Å². The number of nitrogens with one attached hydrogen (secondary N) is 3. The van der Waals surface area contributed by atoms with Crippen LogP contribution in [0.2, 0.25) is 0 Å². The van der Waals surface area contributed by atoms with Gasteiger partial charge in [0.2, 0.25) is 5.91 Å². The van der Waals surface area contributed by atoms with E-state index < -0.39 is 36.5 Å². The van der Waals surface area contributed by atoms with Crippen LogP contribution in [0.5, 0.6) is 5.75 Å². The number of fused-ring (bicyclic) bond motifs is 2. The van der Waals surface area contributed by atoms with Crippen molar-refractivity contribution in [1.29, 1.82) is 0 Å². The number of carbonyl (C=O) groups excluding carboxylic acids is 2. The van der Waals surface area contributed by atoms with E-state index in [9.17, 15) is 19.8 Å². The molecule has 1 unspecified atom stereocenters. The van der Waals surface area contributed by atoms with Crippen LogP contribution in [0.1, 0.15) is 76.8 Å². The molecule has 3 aromatic rings. The SMILES string of the molecule is CCCNC(=O)O[C@@H](C)[C@H]1[C@H](CO)ON(Cc2cccc(-c3cc(C(O)N[C@@H](Cc4ccccc4)CN(C)C)cc(N(C)C)c3)c2OC)[C@@H]1C(=O)N[C@H]1C[C@H]2C[C@H]([C@@H]1C)C2(C)C. The maximum absolute atomic E-state index is 14.7. The molecule has 10 atom stereocenters. The molecule has 2 amide bonds. The Bertz CT molecular complexity index is 1960. The number of hydrogen-bond acceptors (Lipinski definition) is 11. The van der Waals surface area contributed by atoms with Crippen molar-refractivity contribution in [2.45, 2.75) is 103 Å². The molecule has 2 bridgehead atoms. The summed E-state index contributed by atoms with van der Waals surface area (Å²) >= 11 is 0. The van der Waals surface area contributed by atoms with Gasteiger partial charge in [0.05, 0.1) is 26.2 Å². The van der Waals surface area contributed by atoms with Crippen molar-refractivity contribution >= 4 is 17.7 Å². The summed E-state index contributed by atoms with van der Waals surface area (Å²) in [6, 6.07) is 21.3. The van der Waals surface area contributed by atoms with Crippen LogP contribution in [-0.4, -0.2) is 118 Å². The van der Waals surface area contributed by atoms with Crippen LogP contribution in [0, 0.1) is 29.1 Å². The van der Waals surface area contributed by atoms with E-state index in [1.54, 1.807) is 19.1 Å². The minimum atomic E-state index is -0.960. The number of aliphatic hydroxyl groups excluding tert-OH is 2. The zero-order valence-corrected chi connectivity index (χ0v) is 38.6. The Morgan fingerprint density at radius 1 is 1.03 bits per heavy atom. The minimum absolute atomic E-state index is 0.00333. The lowest BCUT2D eigenvalue weighted by molar-refractivity contribution is -0.183. The Morgan fingerprint density at radius 3 is 2.40 bits per heavy atom. The first-order chi connectivity index (χ1) is 29.6. The number of para-hydroxylation sites is 1. The van der Waals surface area contributed by atoms with Gasteiger partial charge in [-0.1, -0.05) is 76.2 Å². The molecule has 3 aromatic carbocycles. The van der Waals surface area contributed by atoms with Gasteiger partial charge in [-0.25, -0.2) is 4.79 Å². The number of ether oxygens (including phenoxy) is 2. The van der Waals surface area contributed by atoms with E-state index in [-0.39, 0.29) is 36.6 Å². The van der Waals surface area contributed by atoms with Gasteiger partial charge in [0.15, 0.2) is 0 Å². The Morgan fingerprint density at radius 2 is 1.77 bits per heavy atom. The first-order valence-corrected chi connectivity index (χ1v) is 22.5. The van der Waals surface area contributed by atoms with Crippen molar-refractivity contribution in [3.8, 4) is 16.9 Å². The summed E-state index contributed by atoms with van der Waals surface area (Å²) in [4.78, 5) is 38.2. The van der Waals surface area contributed by atoms with Gasteiger partial charge in [0.1, 0.15) is 30.2 Å². The van der Waals surface area contributed by atoms with Crippen LogP contribution < -0.4 is 25.6 Å². The van der Waals surface area contributed by atoms with E-state index in [1.807, 2.05) is 88.5 Å². The van der Waals surface area contributed by atoms with Gasteiger partial charge in [-0.3, -0.25) is 14.9 Å². The number of benzene rings is 3. The summed E-state index contributed by atoms with van der Waals surface area (Å²) in [5.74, 6) is 1.07. The zero-order valence-electron chi connectivity index (χ0n) is 38.6. The van der Waals surface area contributed by atoms with Gasteiger partial charge in [-0.2, -0.15) is 5.06 Å². The van der Waals surface area contributed by atoms with Gasteiger partial charge in [0, 0.05) is 56.1 Å². The fraction of sp³-hybridized carbons (Fsp3) is 0.592. The molecule has 3 aliphatic carbocycles. The third-order valence-corrected chi connectivity index (χ3v) is 13.9. The third-order valence-electron chi connectivity index (χ3n) is 13.9. The van der Waals surface area contributed by atoms with E-state index in [0.29, 0.717) is 35.6 Å². The number of anilines is 1. The Kier molecular flexibility index (Phi) is 15.6. The molecule has 0 radical (unpaired) electrons. The molecular formula is C49H72N6O7. The molecular weight excluding hydrogens is 785 g/mol. The van der Waals surface area contributed by atoms with Crippen LogP contribution in [0.15, 0.2) is 66.7 Å². The number of amides is 2. The molecule has 7 rings (SSSR count). The molecule has 4 aliphatic rings. The predicted molar refractivity (Wildman–Crippen MR) is 243 cm³/mol. The average Bonchev–Trinajstić information content (AvgIpc) is 3.61. The maximum atomic E-state index is 14.7. The monoisotopic (exact) mass is 857 g/mol. The van der Waals surface area contributed by atoms with Gasteiger partial charge < -0.3 is 40.1 Å². The van der Waals surface area contributed by atoms with E-state index in [2.05, 4.69) is 59.8 Å². The molecule has 5 N–H and O–H groups in total. The lowest BCUT2D eigenvalue weighted by Gasteiger charge is -2.62. The summed E-state index contributed by atoms with van der Waals surface area (Å²) in [6.45, 7) is 11.6. The van der Waals surface area contributed by atoms with E-state index in [0.717, 1.165) is 48.2 Å². The molecule has 1 heterocycles. The number of hydroxylamine groups is 2. The van der Waals surface area contributed by atoms with Crippen LogP contribution in [0.25, 0.3) is 11.1 Å². The predicted octanol–water partition coefficient (Wildman–Crippen LogP) is 5.99. The lowest BCUT2D eigenvalue weighted by atomic mass is 9.45. The molecule has 62 heavy (non-hydrogen) atoms. The number of rotatable bonds is 19. The normalized spacial score (nSPS) is 25.7. The van der Waals surface area contributed by atoms with Gasteiger partial charge in [0.25, 0.3) is 0 Å². The summed E-state index contributed by atoms with van der Waals surface area (Å²) < 4.78 is 12.1. The second-order valence-electron chi connectivity index (χ2n) is 19.0. The van der Waals surface area contributed by atoms with Crippen LogP contribution in [-0.2, 0) is 27.3 Å². The van der Waals surface area contributed by atoms with Crippen molar-refractivity contribution in [2.24, 2.45) is 29.1 Å². The Labute approximate surface area is 369 Å². The number of carbonyl (C=O) groups is 2. The van der Waals surface area contributed by atoms with Crippen molar-refractivity contribution in [2.75, 3.05) is 59.9 Å². The molecule has 1 aliphatic heterocycles. The first kappa shape index (κ1) is 47.2. The van der Waals surface area contributed by atoms with E-state index in [1.165, 1.54) is 12.0 Å². The zero-order chi connectivity index (χ0) is 44.9. The van der Waals surface area contributed by atoms with Crippen molar-refractivity contribution in [3.63, 3.8) is 0 Å². The van der Waals surface area contributed by atoms with Crippen molar-refractivity contribution in [3.05, 3.63) is 83.4 Å². The Balaban J connectivity index is 1.31. The second kappa shape index (κ2) is 20.5.